The zero-order valence-electron chi connectivity index (χ0n) is 16.9. The van der Waals surface area contributed by atoms with Crippen LogP contribution >= 0.6 is 0 Å². The smallest absolute Gasteiger partial charge is 0.267 e. The van der Waals surface area contributed by atoms with Gasteiger partial charge in [-0.25, -0.2) is 14.4 Å². The van der Waals surface area contributed by atoms with Gasteiger partial charge in [0.2, 0.25) is 11.8 Å². The van der Waals surface area contributed by atoms with Crippen LogP contribution in [0.2, 0.25) is 0 Å². The first-order valence-corrected chi connectivity index (χ1v) is 9.88. The van der Waals surface area contributed by atoms with E-state index in [0.29, 0.717) is 28.7 Å². The summed E-state index contributed by atoms with van der Waals surface area (Å²) in [6.45, 7) is -0.435. The minimum atomic E-state index is -0.964. The van der Waals surface area contributed by atoms with Crippen LogP contribution in [0.15, 0.2) is 65.5 Å². The van der Waals surface area contributed by atoms with Crippen LogP contribution in [0, 0.1) is 5.82 Å². The van der Waals surface area contributed by atoms with E-state index in [0.717, 1.165) is 11.8 Å². The molecule has 11 heteroatoms. The standard InChI is InChI=1S/C22H17FN6O4/c23-15-10-25-22(27-13-3-1-12(2-4-13)21-24-7-8-32-21)29-19(15)26-14-5-6-17-16(9-14)28-20(31)18(11-30)33-17/h1-10,18,30H,11H2,(H,28,31)(H2,25,26,27,29). The maximum Gasteiger partial charge on any atom is 0.267 e. The number of aromatic nitrogens is 3. The number of nitrogens with zero attached hydrogens (tertiary/aromatic N) is 3. The minimum Gasteiger partial charge on any atom is -0.476 e. The quantitative estimate of drug-likeness (QED) is 0.350. The Labute approximate surface area is 186 Å². The Kier molecular flexibility index (Phi) is 5.29. The molecule has 0 saturated carbocycles. The number of nitrogens with one attached hydrogen (secondary N) is 3. The molecule has 166 valence electrons. The van der Waals surface area contributed by atoms with Crippen molar-refractivity contribution in [3.05, 3.63) is 66.9 Å². The molecule has 1 atom stereocenters. The highest BCUT2D eigenvalue weighted by atomic mass is 19.1. The first kappa shape index (κ1) is 20.4. The normalized spacial score (nSPS) is 14.7. The minimum absolute atomic E-state index is 0.0554. The van der Waals surface area contributed by atoms with E-state index in [1.54, 1.807) is 36.5 Å². The number of aliphatic hydroxyl groups is 1. The van der Waals surface area contributed by atoms with Crippen molar-refractivity contribution in [2.75, 3.05) is 22.6 Å². The van der Waals surface area contributed by atoms with Gasteiger partial charge in [-0.15, -0.1) is 0 Å². The SMILES string of the molecule is O=C1Nc2cc(Nc3nc(Nc4ccc(-c5ncco5)cc4)ncc3F)ccc2OC1CO. The molecule has 1 aliphatic rings. The highest BCUT2D eigenvalue weighted by Gasteiger charge is 2.27. The van der Waals surface area contributed by atoms with Crippen molar-refractivity contribution in [2.24, 2.45) is 0 Å². The number of rotatable bonds is 6. The van der Waals surface area contributed by atoms with Gasteiger partial charge >= 0.3 is 0 Å². The number of ether oxygens (including phenoxy) is 1. The molecule has 33 heavy (non-hydrogen) atoms. The molecule has 5 rings (SSSR count). The third kappa shape index (κ3) is 4.29. The van der Waals surface area contributed by atoms with Crippen LogP contribution in [0.5, 0.6) is 5.75 Å². The number of hydrogen-bond acceptors (Lipinski definition) is 9. The van der Waals surface area contributed by atoms with Crippen LogP contribution in [0.4, 0.5) is 33.2 Å². The number of benzene rings is 2. The van der Waals surface area contributed by atoms with Crippen molar-refractivity contribution in [2.45, 2.75) is 6.10 Å². The highest BCUT2D eigenvalue weighted by Crippen LogP contribution is 2.33. The first-order chi connectivity index (χ1) is 16.1. The Morgan fingerprint density at radius 3 is 2.67 bits per heavy atom. The third-order valence-corrected chi connectivity index (χ3v) is 4.79. The van der Waals surface area contributed by atoms with Crippen LogP contribution in [0.25, 0.3) is 11.5 Å². The van der Waals surface area contributed by atoms with Crippen molar-refractivity contribution in [3.8, 4) is 17.2 Å². The van der Waals surface area contributed by atoms with Crippen LogP contribution in [0.3, 0.4) is 0 Å². The van der Waals surface area contributed by atoms with Crippen molar-refractivity contribution in [1.82, 2.24) is 15.0 Å². The van der Waals surface area contributed by atoms with E-state index in [9.17, 15) is 14.3 Å². The van der Waals surface area contributed by atoms with Gasteiger partial charge in [0.05, 0.1) is 24.7 Å². The van der Waals surface area contributed by atoms with E-state index < -0.39 is 24.4 Å². The van der Waals surface area contributed by atoms with Gasteiger partial charge in [-0.05, 0) is 42.5 Å². The summed E-state index contributed by atoms with van der Waals surface area (Å²) >= 11 is 0. The van der Waals surface area contributed by atoms with E-state index in [-0.39, 0.29) is 11.8 Å². The van der Waals surface area contributed by atoms with Gasteiger partial charge in [0, 0.05) is 16.9 Å². The molecular weight excluding hydrogens is 431 g/mol. The maximum atomic E-state index is 14.3. The Bertz CT molecular complexity index is 1300. The summed E-state index contributed by atoms with van der Waals surface area (Å²) in [6, 6.07) is 12.1. The fraction of sp³-hybridized carbons (Fsp3) is 0.0909. The molecule has 0 spiro atoms. The predicted molar refractivity (Wildman–Crippen MR) is 117 cm³/mol. The van der Waals surface area contributed by atoms with Gasteiger partial charge in [-0.1, -0.05) is 0 Å². The molecule has 0 bridgehead atoms. The van der Waals surface area contributed by atoms with E-state index in [4.69, 9.17) is 9.15 Å². The van der Waals surface area contributed by atoms with Gasteiger partial charge < -0.3 is 30.2 Å². The lowest BCUT2D eigenvalue weighted by atomic mass is 10.2. The number of oxazole rings is 1. The van der Waals surface area contributed by atoms with Crippen LogP contribution in [-0.4, -0.2) is 38.7 Å². The van der Waals surface area contributed by atoms with E-state index >= 15 is 0 Å². The number of fused-ring (bicyclic) bond motifs is 1. The molecule has 1 amide bonds. The predicted octanol–water partition coefficient (Wildman–Crippen LogP) is 3.45. The number of amides is 1. The van der Waals surface area contributed by atoms with E-state index in [1.807, 2.05) is 12.1 Å². The van der Waals surface area contributed by atoms with E-state index in [2.05, 4.69) is 30.9 Å². The fourth-order valence-corrected chi connectivity index (χ4v) is 3.19. The highest BCUT2D eigenvalue weighted by molar-refractivity contribution is 5.98. The summed E-state index contributed by atoms with van der Waals surface area (Å²) in [5, 5.41) is 17.7. The van der Waals surface area contributed by atoms with Gasteiger partial charge in [0.1, 0.15) is 12.0 Å². The second kappa shape index (κ2) is 8.55. The molecule has 3 heterocycles. The second-order valence-electron chi connectivity index (χ2n) is 7.04. The second-order valence-corrected chi connectivity index (χ2v) is 7.04. The molecule has 0 aliphatic carbocycles. The summed E-state index contributed by atoms with van der Waals surface area (Å²) in [6.07, 6.45) is 3.15. The largest absolute Gasteiger partial charge is 0.476 e. The van der Waals surface area contributed by atoms with Gasteiger partial charge in [0.25, 0.3) is 5.91 Å². The Morgan fingerprint density at radius 1 is 1.09 bits per heavy atom. The lowest BCUT2D eigenvalue weighted by Gasteiger charge is -2.25. The molecule has 4 N–H and O–H groups in total. The Morgan fingerprint density at radius 2 is 1.91 bits per heavy atom. The van der Waals surface area contributed by atoms with E-state index in [1.165, 1.54) is 6.26 Å². The van der Waals surface area contributed by atoms with Crippen molar-refractivity contribution in [3.63, 3.8) is 0 Å². The third-order valence-electron chi connectivity index (χ3n) is 4.79. The molecular formula is C22H17FN6O4. The van der Waals surface area contributed by atoms with Crippen molar-refractivity contribution in [1.29, 1.82) is 0 Å². The van der Waals surface area contributed by atoms with Gasteiger partial charge in [-0.2, -0.15) is 4.98 Å². The molecule has 1 aliphatic heterocycles. The number of carbonyl (C=O) groups excluding carboxylic acids is 1. The Hall–Kier alpha value is -4.51. The summed E-state index contributed by atoms with van der Waals surface area (Å²) in [5.74, 6) is -0.0837. The topological polar surface area (TPSA) is 134 Å². The summed E-state index contributed by atoms with van der Waals surface area (Å²) in [5.41, 5.74) is 2.37. The van der Waals surface area contributed by atoms with Gasteiger partial charge in [-0.3, -0.25) is 4.79 Å². The molecule has 1 unspecified atom stereocenters. The maximum absolute atomic E-state index is 14.3. The number of aliphatic hydroxyl groups excluding tert-OH is 1. The summed E-state index contributed by atoms with van der Waals surface area (Å²) in [4.78, 5) is 24.2. The lowest BCUT2D eigenvalue weighted by Crippen LogP contribution is -2.39. The van der Waals surface area contributed by atoms with Crippen molar-refractivity contribution >= 4 is 34.7 Å². The van der Waals surface area contributed by atoms with Gasteiger partial charge in [0.15, 0.2) is 17.7 Å². The lowest BCUT2D eigenvalue weighted by molar-refractivity contribution is -0.125. The summed E-state index contributed by atoms with van der Waals surface area (Å²) < 4.78 is 25.0. The number of anilines is 5. The zero-order chi connectivity index (χ0) is 22.8. The molecule has 10 nitrogen and oxygen atoms in total. The zero-order valence-corrected chi connectivity index (χ0v) is 16.9. The molecule has 0 saturated heterocycles. The van der Waals surface area contributed by atoms with Crippen molar-refractivity contribution < 1.29 is 23.4 Å². The number of carbonyl (C=O) groups is 1. The average molecular weight is 448 g/mol. The molecule has 2 aromatic heterocycles. The molecule has 0 fully saturated rings. The van der Waals surface area contributed by atoms with Crippen LogP contribution in [-0.2, 0) is 4.79 Å². The van der Waals surface area contributed by atoms with Crippen LogP contribution in [0.1, 0.15) is 0 Å². The first-order valence-electron chi connectivity index (χ1n) is 9.88. The summed E-state index contributed by atoms with van der Waals surface area (Å²) in [7, 11) is 0. The molecule has 0 radical (unpaired) electrons. The Balaban J connectivity index is 1.32. The molecule has 4 aromatic rings. The van der Waals surface area contributed by atoms with Crippen LogP contribution < -0.4 is 20.7 Å². The monoisotopic (exact) mass is 448 g/mol. The average Bonchev–Trinajstić information content (AvgIpc) is 3.36. The number of halogens is 1. The number of hydrogen-bond donors (Lipinski definition) is 4. The fourth-order valence-electron chi connectivity index (χ4n) is 3.19. The molecule has 2 aromatic carbocycles.